The second-order valence-electron chi connectivity index (χ2n) is 7.30. The van der Waals surface area contributed by atoms with Crippen molar-refractivity contribution in [2.75, 3.05) is 7.11 Å². The Morgan fingerprint density at radius 1 is 0.968 bits per heavy atom. The van der Waals surface area contributed by atoms with Crippen LogP contribution in [0.5, 0.6) is 5.75 Å². The smallest absolute Gasteiger partial charge is 0.156 e. The molecular weight excluding hydrogens is 386 g/mol. The van der Waals surface area contributed by atoms with Gasteiger partial charge in [0.05, 0.1) is 12.8 Å². The van der Waals surface area contributed by atoms with Gasteiger partial charge in [-0.3, -0.25) is 4.99 Å². The number of nitrogens with zero attached hydrogens (tertiary/aromatic N) is 3. The monoisotopic (exact) mass is 407 g/mol. The van der Waals surface area contributed by atoms with Gasteiger partial charge >= 0.3 is 0 Å². The Bertz CT molecular complexity index is 1350. The highest BCUT2D eigenvalue weighted by Crippen LogP contribution is 2.31. The summed E-state index contributed by atoms with van der Waals surface area (Å²) in [6, 6.07) is 25.9. The molecule has 2 aromatic heterocycles. The Hall–Kier alpha value is -4.12. The average Bonchev–Trinajstić information content (AvgIpc) is 3.42. The highest BCUT2D eigenvalue weighted by atomic mass is 16.5. The molecule has 0 N–H and O–H groups in total. The lowest BCUT2D eigenvalue weighted by molar-refractivity contribution is 0.416. The lowest BCUT2D eigenvalue weighted by atomic mass is 10.2. The zero-order valence-electron chi connectivity index (χ0n) is 17.3. The number of hydrogen-bond donors (Lipinski definition) is 0. The minimum atomic E-state index is 0.702. The maximum absolute atomic E-state index is 6.10. The number of rotatable bonds is 5. The molecule has 31 heavy (non-hydrogen) atoms. The summed E-state index contributed by atoms with van der Waals surface area (Å²) in [7, 11) is 1.65. The van der Waals surface area contributed by atoms with Crippen molar-refractivity contribution in [1.29, 1.82) is 0 Å². The van der Waals surface area contributed by atoms with Crippen LogP contribution in [0.1, 0.15) is 11.1 Å². The molecule has 5 rings (SSSR count). The third-order valence-corrected chi connectivity index (χ3v) is 5.10. The fraction of sp³-hybridized carbons (Fsp3) is 0.0769. The minimum absolute atomic E-state index is 0.702. The molecule has 0 saturated heterocycles. The molecule has 0 atom stereocenters. The zero-order chi connectivity index (χ0) is 21.2. The highest BCUT2D eigenvalue weighted by molar-refractivity contribution is 5.92. The molecule has 0 amide bonds. The standard InChI is InChI=1S/C26H21N3O2/c1-18-12-13-24(30-2)22(14-18)27-16-20-17-29(21-9-4-3-5-10-21)28-26(20)25-15-19-8-6-7-11-23(19)31-25/h3-17H,1-2H3. The highest BCUT2D eigenvalue weighted by Gasteiger charge is 2.15. The van der Waals surface area contributed by atoms with E-state index in [2.05, 4.69) is 0 Å². The molecule has 2 heterocycles. The molecule has 3 aromatic carbocycles. The second-order valence-corrected chi connectivity index (χ2v) is 7.30. The second kappa shape index (κ2) is 7.95. The van der Waals surface area contributed by atoms with Crippen molar-refractivity contribution in [3.05, 3.63) is 96.2 Å². The molecule has 0 fully saturated rings. The first-order valence-corrected chi connectivity index (χ1v) is 10.0. The van der Waals surface area contributed by atoms with Gasteiger partial charge in [0, 0.05) is 23.4 Å². The van der Waals surface area contributed by atoms with Gasteiger partial charge < -0.3 is 9.15 Å². The fourth-order valence-corrected chi connectivity index (χ4v) is 3.52. The van der Waals surface area contributed by atoms with Gasteiger partial charge in [-0.1, -0.05) is 42.5 Å². The number of fused-ring (bicyclic) bond motifs is 1. The van der Waals surface area contributed by atoms with Gasteiger partial charge in [-0.15, -0.1) is 0 Å². The fourth-order valence-electron chi connectivity index (χ4n) is 3.52. The molecule has 152 valence electrons. The van der Waals surface area contributed by atoms with E-state index < -0.39 is 0 Å². The Morgan fingerprint density at radius 2 is 1.77 bits per heavy atom. The van der Waals surface area contributed by atoms with Crippen molar-refractivity contribution in [2.45, 2.75) is 6.92 Å². The Balaban J connectivity index is 1.63. The summed E-state index contributed by atoms with van der Waals surface area (Å²) >= 11 is 0. The first-order chi connectivity index (χ1) is 15.2. The summed E-state index contributed by atoms with van der Waals surface area (Å²) in [5.74, 6) is 1.43. The molecule has 0 aliphatic rings. The van der Waals surface area contributed by atoms with Gasteiger partial charge in [0.25, 0.3) is 0 Å². The van der Waals surface area contributed by atoms with Crippen molar-refractivity contribution >= 4 is 22.9 Å². The van der Waals surface area contributed by atoms with E-state index >= 15 is 0 Å². The van der Waals surface area contributed by atoms with Crippen molar-refractivity contribution < 1.29 is 9.15 Å². The van der Waals surface area contributed by atoms with Crippen molar-refractivity contribution in [3.63, 3.8) is 0 Å². The van der Waals surface area contributed by atoms with E-state index in [0.717, 1.165) is 44.9 Å². The molecule has 5 aromatic rings. The largest absolute Gasteiger partial charge is 0.494 e. The number of benzene rings is 3. The molecule has 5 heteroatoms. The van der Waals surface area contributed by atoms with Crippen LogP contribution in [0, 0.1) is 6.92 Å². The summed E-state index contributed by atoms with van der Waals surface area (Å²) in [6.07, 6.45) is 3.77. The number of methoxy groups -OCH3 is 1. The third-order valence-electron chi connectivity index (χ3n) is 5.10. The number of aliphatic imine (C=N–C) groups is 1. The molecule has 0 radical (unpaired) electrons. The summed E-state index contributed by atoms with van der Waals surface area (Å²) in [5, 5.41) is 5.86. The van der Waals surface area contributed by atoms with Crippen LogP contribution in [-0.4, -0.2) is 23.1 Å². The number of hydrogen-bond acceptors (Lipinski definition) is 4. The van der Waals surface area contributed by atoms with E-state index in [1.165, 1.54) is 0 Å². The Labute approximate surface area is 180 Å². The number of para-hydroxylation sites is 2. The van der Waals surface area contributed by atoms with Crippen LogP contribution in [0.25, 0.3) is 28.1 Å². The van der Waals surface area contributed by atoms with Gasteiger partial charge in [-0.25, -0.2) is 4.68 Å². The third kappa shape index (κ3) is 3.73. The molecule has 0 saturated carbocycles. The molecular formula is C26H21N3O2. The summed E-state index contributed by atoms with van der Waals surface area (Å²) in [4.78, 5) is 4.71. The number of ether oxygens (including phenoxy) is 1. The van der Waals surface area contributed by atoms with Gasteiger partial charge in [0.1, 0.15) is 22.7 Å². The van der Waals surface area contributed by atoms with Crippen molar-refractivity contribution in [3.8, 4) is 22.9 Å². The summed E-state index contributed by atoms with van der Waals surface area (Å²) < 4.78 is 13.4. The predicted octanol–water partition coefficient (Wildman–Crippen LogP) is 6.35. The van der Waals surface area contributed by atoms with Crippen LogP contribution in [0.2, 0.25) is 0 Å². The van der Waals surface area contributed by atoms with E-state index in [0.29, 0.717) is 5.76 Å². The van der Waals surface area contributed by atoms with Crippen LogP contribution < -0.4 is 4.74 Å². The number of furan rings is 1. The first-order valence-electron chi connectivity index (χ1n) is 10.0. The van der Waals surface area contributed by atoms with E-state index in [1.807, 2.05) is 103 Å². The first kappa shape index (κ1) is 18.9. The maximum Gasteiger partial charge on any atom is 0.156 e. The normalized spacial score (nSPS) is 11.4. The van der Waals surface area contributed by atoms with Crippen LogP contribution in [0.4, 0.5) is 5.69 Å². The lowest BCUT2D eigenvalue weighted by Gasteiger charge is -2.04. The number of aryl methyl sites for hydroxylation is 1. The average molecular weight is 407 g/mol. The van der Waals surface area contributed by atoms with Crippen LogP contribution in [0.3, 0.4) is 0 Å². The molecule has 0 aliphatic heterocycles. The van der Waals surface area contributed by atoms with Crippen molar-refractivity contribution in [2.24, 2.45) is 4.99 Å². The zero-order valence-corrected chi connectivity index (χ0v) is 17.3. The van der Waals surface area contributed by atoms with E-state index in [1.54, 1.807) is 7.11 Å². The van der Waals surface area contributed by atoms with E-state index in [-0.39, 0.29) is 0 Å². The van der Waals surface area contributed by atoms with Gasteiger partial charge in [-0.05, 0) is 48.9 Å². The topological polar surface area (TPSA) is 52.5 Å². The van der Waals surface area contributed by atoms with E-state index in [9.17, 15) is 0 Å². The Morgan fingerprint density at radius 3 is 2.58 bits per heavy atom. The summed E-state index contributed by atoms with van der Waals surface area (Å²) in [6.45, 7) is 2.03. The maximum atomic E-state index is 6.10. The molecule has 0 spiro atoms. The minimum Gasteiger partial charge on any atom is -0.494 e. The van der Waals surface area contributed by atoms with Gasteiger partial charge in [-0.2, -0.15) is 5.10 Å². The quantitative estimate of drug-likeness (QED) is 0.319. The number of aromatic nitrogens is 2. The van der Waals surface area contributed by atoms with Crippen LogP contribution >= 0.6 is 0 Å². The van der Waals surface area contributed by atoms with Crippen molar-refractivity contribution in [1.82, 2.24) is 9.78 Å². The Kier molecular flexibility index (Phi) is 4.84. The van der Waals surface area contributed by atoms with Gasteiger partial charge in [0.15, 0.2) is 5.76 Å². The van der Waals surface area contributed by atoms with E-state index in [4.69, 9.17) is 19.2 Å². The van der Waals surface area contributed by atoms with Crippen LogP contribution in [0.15, 0.2) is 94.5 Å². The van der Waals surface area contributed by atoms with Gasteiger partial charge in [0.2, 0.25) is 0 Å². The SMILES string of the molecule is COc1ccc(C)cc1N=Cc1cn(-c2ccccc2)nc1-c1cc2ccccc2o1. The predicted molar refractivity (Wildman–Crippen MR) is 124 cm³/mol. The molecule has 0 unspecified atom stereocenters. The lowest BCUT2D eigenvalue weighted by Crippen LogP contribution is -1.93. The molecule has 0 aliphatic carbocycles. The molecule has 0 bridgehead atoms. The van der Waals surface area contributed by atoms with Crippen LogP contribution in [-0.2, 0) is 0 Å². The summed E-state index contributed by atoms with van der Waals surface area (Å²) in [5.41, 5.74) is 5.26. The molecule has 5 nitrogen and oxygen atoms in total.